The first-order chi connectivity index (χ1) is 17.8. The number of carbonyl (C=O) groups excluding carboxylic acids is 2. The fraction of sp³-hybridized carbons (Fsp3) is 0.812. The summed E-state index contributed by atoms with van der Waals surface area (Å²) in [5, 5.41) is 0. The Labute approximate surface area is 223 Å². The number of cyclic esters (lactones) is 1. The SMILES string of the molecule is CC(=O)O[C@@H]1OC[C@H]2C=C(C3(C)CCCCC3)CC[C@@H]12.CC1(C2=C[C@@H]3COC(=O)[C@@H]3CC2)CCCCC1. The number of fused-ring (bicyclic) bond motifs is 2. The standard InChI is InChI=1S/C17H26O3.C15H22O2/c1-12(18)20-16-15-7-6-14(10-13(15)11-19-16)17(2)8-4-3-5-9-17;1-15(7-3-2-4-8-15)12-5-6-13-11(9-12)10-17-14(13)16/h10,13,15-16H,3-9,11H2,1-2H3;9,11,13H,2-8,10H2,1H3/t13-,15-,16+;11-,13-/m11/s1. The van der Waals surface area contributed by atoms with E-state index in [4.69, 9.17) is 14.2 Å². The highest BCUT2D eigenvalue weighted by molar-refractivity contribution is 5.75. The normalized spacial score (nSPS) is 36.1. The van der Waals surface area contributed by atoms with Crippen molar-refractivity contribution in [1.29, 1.82) is 0 Å². The van der Waals surface area contributed by atoms with Crippen LogP contribution in [0.2, 0.25) is 0 Å². The van der Waals surface area contributed by atoms with E-state index >= 15 is 0 Å². The molecule has 0 aromatic rings. The predicted molar refractivity (Wildman–Crippen MR) is 143 cm³/mol. The van der Waals surface area contributed by atoms with Gasteiger partial charge in [0.15, 0.2) is 0 Å². The summed E-state index contributed by atoms with van der Waals surface area (Å²) in [6.07, 6.45) is 22.6. The fourth-order valence-electron chi connectivity index (χ4n) is 8.16. The summed E-state index contributed by atoms with van der Waals surface area (Å²) in [5.74, 6) is 1.18. The monoisotopic (exact) mass is 512 g/mol. The number of ether oxygens (including phenoxy) is 3. The minimum atomic E-state index is -0.311. The Kier molecular flexibility index (Phi) is 8.19. The summed E-state index contributed by atoms with van der Waals surface area (Å²) in [7, 11) is 0. The van der Waals surface area contributed by atoms with Gasteiger partial charge in [-0.05, 0) is 62.2 Å². The fourth-order valence-corrected chi connectivity index (χ4v) is 8.16. The molecule has 0 spiro atoms. The summed E-state index contributed by atoms with van der Waals surface area (Å²) in [5.41, 5.74) is 4.11. The number of hydrogen-bond donors (Lipinski definition) is 0. The smallest absolute Gasteiger partial charge is 0.309 e. The third kappa shape index (κ3) is 5.87. The maximum Gasteiger partial charge on any atom is 0.309 e. The molecule has 4 aliphatic carbocycles. The maximum atomic E-state index is 11.5. The summed E-state index contributed by atoms with van der Waals surface area (Å²) < 4.78 is 16.2. The molecule has 2 heterocycles. The van der Waals surface area contributed by atoms with Gasteiger partial charge < -0.3 is 14.2 Å². The van der Waals surface area contributed by atoms with Gasteiger partial charge in [-0.15, -0.1) is 0 Å². The van der Waals surface area contributed by atoms with Crippen molar-refractivity contribution in [2.75, 3.05) is 13.2 Å². The molecule has 5 heteroatoms. The zero-order chi connectivity index (χ0) is 26.0. The number of esters is 2. The molecule has 4 fully saturated rings. The molecule has 2 saturated heterocycles. The quantitative estimate of drug-likeness (QED) is 0.293. The molecule has 2 saturated carbocycles. The molecule has 6 rings (SSSR count). The van der Waals surface area contributed by atoms with Crippen LogP contribution in [0.25, 0.3) is 0 Å². The van der Waals surface area contributed by atoms with Crippen LogP contribution in [-0.2, 0) is 23.8 Å². The number of rotatable bonds is 3. The second-order valence-electron chi connectivity index (χ2n) is 13.2. The van der Waals surface area contributed by atoms with Gasteiger partial charge in [0.25, 0.3) is 0 Å². The zero-order valence-electron chi connectivity index (χ0n) is 23.4. The molecular formula is C32H48O5. The van der Waals surface area contributed by atoms with Gasteiger partial charge >= 0.3 is 11.9 Å². The van der Waals surface area contributed by atoms with Gasteiger partial charge in [0, 0.05) is 24.7 Å². The zero-order valence-corrected chi connectivity index (χ0v) is 23.4. The molecule has 0 amide bonds. The van der Waals surface area contributed by atoms with Gasteiger partial charge in [-0.3, -0.25) is 9.59 Å². The lowest BCUT2D eigenvalue weighted by atomic mass is 9.65. The molecule has 6 aliphatic rings. The van der Waals surface area contributed by atoms with Crippen molar-refractivity contribution >= 4 is 11.9 Å². The van der Waals surface area contributed by atoms with Crippen LogP contribution >= 0.6 is 0 Å². The molecule has 0 N–H and O–H groups in total. The highest BCUT2D eigenvalue weighted by atomic mass is 16.7. The molecule has 5 atom stereocenters. The molecular weight excluding hydrogens is 464 g/mol. The van der Waals surface area contributed by atoms with Gasteiger partial charge in [0.1, 0.15) is 0 Å². The first kappa shape index (κ1) is 27.0. The van der Waals surface area contributed by atoms with Crippen molar-refractivity contribution < 1.29 is 23.8 Å². The van der Waals surface area contributed by atoms with Gasteiger partial charge in [0.05, 0.1) is 19.1 Å². The minimum absolute atomic E-state index is 0.0408. The second kappa shape index (κ2) is 11.2. The lowest BCUT2D eigenvalue weighted by Gasteiger charge is -2.39. The Morgan fingerprint density at radius 3 is 2.00 bits per heavy atom. The van der Waals surface area contributed by atoms with Crippen LogP contribution in [0, 0.1) is 34.5 Å². The lowest BCUT2D eigenvalue weighted by Crippen LogP contribution is -2.31. The molecule has 206 valence electrons. The van der Waals surface area contributed by atoms with Gasteiger partial charge in [-0.1, -0.05) is 75.7 Å². The van der Waals surface area contributed by atoms with E-state index in [0.717, 1.165) is 25.7 Å². The second-order valence-corrected chi connectivity index (χ2v) is 13.2. The van der Waals surface area contributed by atoms with E-state index < -0.39 is 0 Å². The van der Waals surface area contributed by atoms with E-state index in [-0.39, 0.29) is 24.1 Å². The lowest BCUT2D eigenvalue weighted by molar-refractivity contribution is -0.173. The predicted octanol–water partition coefficient (Wildman–Crippen LogP) is 7.30. The Morgan fingerprint density at radius 2 is 1.41 bits per heavy atom. The van der Waals surface area contributed by atoms with Crippen molar-refractivity contribution in [1.82, 2.24) is 0 Å². The topological polar surface area (TPSA) is 61.8 Å². The highest BCUT2D eigenvalue weighted by Gasteiger charge is 2.43. The van der Waals surface area contributed by atoms with Crippen molar-refractivity contribution in [2.24, 2.45) is 34.5 Å². The van der Waals surface area contributed by atoms with Crippen molar-refractivity contribution in [3.8, 4) is 0 Å². The molecule has 37 heavy (non-hydrogen) atoms. The van der Waals surface area contributed by atoms with Crippen molar-refractivity contribution in [3.05, 3.63) is 23.3 Å². The van der Waals surface area contributed by atoms with Crippen LogP contribution in [-0.4, -0.2) is 31.4 Å². The summed E-state index contributed by atoms with van der Waals surface area (Å²) in [6.45, 7) is 7.67. The van der Waals surface area contributed by atoms with Crippen LogP contribution in [0.5, 0.6) is 0 Å². The maximum absolute atomic E-state index is 11.5. The summed E-state index contributed by atoms with van der Waals surface area (Å²) >= 11 is 0. The van der Waals surface area contributed by atoms with Gasteiger partial charge in [-0.25, -0.2) is 0 Å². The van der Waals surface area contributed by atoms with E-state index in [0.29, 0.717) is 41.8 Å². The number of allylic oxidation sites excluding steroid dienone is 2. The Bertz CT molecular complexity index is 904. The molecule has 0 bridgehead atoms. The third-order valence-electron chi connectivity index (χ3n) is 10.6. The molecule has 0 unspecified atom stereocenters. The van der Waals surface area contributed by atoms with Crippen LogP contribution in [0.15, 0.2) is 23.3 Å². The van der Waals surface area contributed by atoms with Crippen LogP contribution in [0.1, 0.15) is 111 Å². The molecule has 0 aromatic heterocycles. The highest BCUT2D eigenvalue weighted by Crippen LogP contribution is 2.50. The van der Waals surface area contributed by atoms with E-state index in [1.807, 2.05) is 0 Å². The Hall–Kier alpha value is -1.62. The number of hydrogen-bond acceptors (Lipinski definition) is 5. The van der Waals surface area contributed by atoms with Crippen molar-refractivity contribution in [3.63, 3.8) is 0 Å². The van der Waals surface area contributed by atoms with Crippen molar-refractivity contribution in [2.45, 2.75) is 117 Å². The first-order valence-electron chi connectivity index (χ1n) is 15.2. The Morgan fingerprint density at radius 1 is 0.838 bits per heavy atom. The molecule has 2 aliphatic heterocycles. The van der Waals surface area contributed by atoms with E-state index in [9.17, 15) is 9.59 Å². The van der Waals surface area contributed by atoms with Gasteiger partial charge in [-0.2, -0.15) is 0 Å². The largest absolute Gasteiger partial charge is 0.465 e. The summed E-state index contributed by atoms with van der Waals surface area (Å²) in [4.78, 5) is 22.6. The van der Waals surface area contributed by atoms with Crippen LogP contribution < -0.4 is 0 Å². The molecule has 5 nitrogen and oxygen atoms in total. The van der Waals surface area contributed by atoms with Crippen LogP contribution in [0.3, 0.4) is 0 Å². The van der Waals surface area contributed by atoms with E-state index in [1.54, 1.807) is 11.1 Å². The van der Waals surface area contributed by atoms with Crippen LogP contribution in [0.4, 0.5) is 0 Å². The molecule has 0 aromatic carbocycles. The first-order valence-corrected chi connectivity index (χ1v) is 15.2. The molecule has 0 radical (unpaired) electrons. The third-order valence-corrected chi connectivity index (χ3v) is 10.6. The Balaban J connectivity index is 0.000000153. The van der Waals surface area contributed by atoms with E-state index in [1.165, 1.54) is 71.1 Å². The van der Waals surface area contributed by atoms with Gasteiger partial charge in [0.2, 0.25) is 6.29 Å². The summed E-state index contributed by atoms with van der Waals surface area (Å²) in [6, 6.07) is 0. The average molecular weight is 513 g/mol. The average Bonchev–Trinajstić information content (AvgIpc) is 3.47. The minimum Gasteiger partial charge on any atom is -0.465 e. The van der Waals surface area contributed by atoms with E-state index in [2.05, 4.69) is 26.0 Å². The number of carbonyl (C=O) groups is 2.